The molecule has 0 saturated carbocycles. The van der Waals surface area contributed by atoms with E-state index in [0.29, 0.717) is 0 Å². The monoisotopic (exact) mass is 191 g/mol. The Kier molecular flexibility index (Phi) is 10.5. The Morgan fingerprint density at radius 3 is 1.62 bits per heavy atom. The smallest absolute Gasteiger partial charge is 0.450 e. The first-order chi connectivity index (χ1) is 6.04. The van der Waals surface area contributed by atoms with E-state index in [4.69, 9.17) is 15.5 Å². The second-order valence-corrected chi connectivity index (χ2v) is 1.45. The standard InChI is InChI=1S/C4H6O6.C2H3N/c5-3(6)9-1-2-10-4(7)8;1-2-3/h1-2H2,(H,5,6)(H,7,8);1H3. The summed E-state index contributed by atoms with van der Waals surface area (Å²) in [4.78, 5) is 19.2. The number of hydrogen-bond donors (Lipinski definition) is 2. The molecular formula is C6H9NO6. The lowest BCUT2D eigenvalue weighted by Crippen LogP contribution is -2.10. The van der Waals surface area contributed by atoms with Gasteiger partial charge in [-0.3, -0.25) is 0 Å². The Balaban J connectivity index is 0. The van der Waals surface area contributed by atoms with Gasteiger partial charge < -0.3 is 19.7 Å². The van der Waals surface area contributed by atoms with Gasteiger partial charge in [0.2, 0.25) is 0 Å². The second kappa shape index (κ2) is 10.0. The van der Waals surface area contributed by atoms with Crippen LogP contribution in [0.15, 0.2) is 0 Å². The van der Waals surface area contributed by atoms with Gasteiger partial charge >= 0.3 is 12.3 Å². The maximum atomic E-state index is 9.62. The van der Waals surface area contributed by atoms with Crippen LogP contribution in [0.3, 0.4) is 0 Å². The van der Waals surface area contributed by atoms with E-state index in [0.717, 1.165) is 0 Å². The molecule has 0 unspecified atom stereocenters. The Bertz CT molecular complexity index is 180. The predicted octanol–water partition coefficient (Wildman–Crippen LogP) is 0.905. The van der Waals surface area contributed by atoms with Crippen LogP contribution in [0.1, 0.15) is 6.92 Å². The minimum absolute atomic E-state index is 0.276. The van der Waals surface area contributed by atoms with Gasteiger partial charge in [0.1, 0.15) is 13.2 Å². The fourth-order valence-electron chi connectivity index (χ4n) is 0.258. The molecule has 74 valence electrons. The zero-order chi connectivity index (χ0) is 10.7. The van der Waals surface area contributed by atoms with Crippen LogP contribution in [0, 0.1) is 11.3 Å². The van der Waals surface area contributed by atoms with E-state index < -0.39 is 12.3 Å². The lowest BCUT2D eigenvalue weighted by molar-refractivity contribution is 0.0472. The first-order valence-corrected chi connectivity index (χ1v) is 3.06. The van der Waals surface area contributed by atoms with Crippen molar-refractivity contribution in [2.45, 2.75) is 6.92 Å². The summed E-state index contributed by atoms with van der Waals surface area (Å²) in [6, 6.07) is 1.75. The first-order valence-electron chi connectivity index (χ1n) is 3.06. The van der Waals surface area contributed by atoms with E-state index in [1.54, 1.807) is 6.07 Å². The molecule has 0 amide bonds. The topological polar surface area (TPSA) is 117 Å². The number of nitriles is 1. The molecule has 0 saturated heterocycles. The Hall–Kier alpha value is -1.97. The molecule has 0 aliphatic heterocycles. The molecule has 0 bridgehead atoms. The maximum Gasteiger partial charge on any atom is 0.505 e. The molecule has 0 aromatic rings. The average molecular weight is 191 g/mol. The summed E-state index contributed by atoms with van der Waals surface area (Å²) < 4.78 is 7.84. The van der Waals surface area contributed by atoms with Crippen LogP contribution >= 0.6 is 0 Å². The van der Waals surface area contributed by atoms with Gasteiger partial charge in [0.05, 0.1) is 6.07 Å². The van der Waals surface area contributed by atoms with Crippen molar-refractivity contribution in [3.05, 3.63) is 0 Å². The Morgan fingerprint density at radius 1 is 1.23 bits per heavy atom. The zero-order valence-corrected chi connectivity index (χ0v) is 6.89. The van der Waals surface area contributed by atoms with Crippen LogP contribution in [0.2, 0.25) is 0 Å². The third kappa shape index (κ3) is 25.6. The van der Waals surface area contributed by atoms with Gasteiger partial charge in [-0.15, -0.1) is 0 Å². The quantitative estimate of drug-likeness (QED) is 0.502. The van der Waals surface area contributed by atoms with Gasteiger partial charge in [-0.25, -0.2) is 9.59 Å². The van der Waals surface area contributed by atoms with Gasteiger partial charge in [-0.2, -0.15) is 5.26 Å². The van der Waals surface area contributed by atoms with Gasteiger partial charge in [-0.05, 0) is 0 Å². The molecule has 0 aliphatic rings. The number of carboxylic acid groups (broad SMARTS) is 2. The molecule has 7 nitrogen and oxygen atoms in total. The maximum absolute atomic E-state index is 9.62. The highest BCUT2D eigenvalue weighted by Crippen LogP contribution is 1.79. The molecule has 0 heterocycles. The molecule has 2 N–H and O–H groups in total. The SMILES string of the molecule is CC#N.O=C(O)OCCOC(=O)O. The third-order valence-electron chi connectivity index (χ3n) is 0.534. The number of hydrogen-bond acceptors (Lipinski definition) is 5. The summed E-state index contributed by atoms with van der Waals surface area (Å²) in [6.07, 6.45) is -2.90. The molecule has 0 spiro atoms. The van der Waals surface area contributed by atoms with Crippen molar-refractivity contribution < 1.29 is 29.3 Å². The van der Waals surface area contributed by atoms with Crippen molar-refractivity contribution in [3.63, 3.8) is 0 Å². The largest absolute Gasteiger partial charge is 0.505 e. The number of nitrogens with zero attached hydrogens (tertiary/aromatic N) is 1. The second-order valence-electron chi connectivity index (χ2n) is 1.45. The fourth-order valence-corrected chi connectivity index (χ4v) is 0.258. The van der Waals surface area contributed by atoms with Gasteiger partial charge in [0.25, 0.3) is 0 Å². The van der Waals surface area contributed by atoms with E-state index in [-0.39, 0.29) is 13.2 Å². The lowest BCUT2D eigenvalue weighted by Gasteiger charge is -1.98. The van der Waals surface area contributed by atoms with Crippen molar-refractivity contribution in [2.75, 3.05) is 13.2 Å². The summed E-state index contributed by atoms with van der Waals surface area (Å²) in [7, 11) is 0. The summed E-state index contributed by atoms with van der Waals surface area (Å²) in [5.74, 6) is 0. The minimum Gasteiger partial charge on any atom is -0.450 e. The van der Waals surface area contributed by atoms with Crippen molar-refractivity contribution >= 4 is 12.3 Å². The highest BCUT2D eigenvalue weighted by molar-refractivity contribution is 5.57. The van der Waals surface area contributed by atoms with E-state index in [1.165, 1.54) is 6.92 Å². The van der Waals surface area contributed by atoms with Crippen LogP contribution < -0.4 is 0 Å². The van der Waals surface area contributed by atoms with Crippen LogP contribution in [-0.4, -0.2) is 35.7 Å². The Labute approximate surface area is 74.1 Å². The van der Waals surface area contributed by atoms with Gasteiger partial charge in [0, 0.05) is 6.92 Å². The van der Waals surface area contributed by atoms with E-state index >= 15 is 0 Å². The molecule has 0 fully saturated rings. The van der Waals surface area contributed by atoms with Crippen LogP contribution in [0.25, 0.3) is 0 Å². The molecule has 0 rings (SSSR count). The molecular weight excluding hydrogens is 182 g/mol. The van der Waals surface area contributed by atoms with E-state index in [2.05, 4.69) is 9.47 Å². The Morgan fingerprint density at radius 2 is 1.46 bits per heavy atom. The number of rotatable bonds is 3. The minimum atomic E-state index is -1.45. The fraction of sp³-hybridized carbons (Fsp3) is 0.500. The van der Waals surface area contributed by atoms with Crippen LogP contribution in [0.5, 0.6) is 0 Å². The number of carbonyl (C=O) groups is 2. The van der Waals surface area contributed by atoms with Crippen LogP contribution in [-0.2, 0) is 9.47 Å². The van der Waals surface area contributed by atoms with Crippen molar-refractivity contribution in [1.29, 1.82) is 5.26 Å². The van der Waals surface area contributed by atoms with Crippen molar-refractivity contribution in [3.8, 4) is 6.07 Å². The molecule has 0 radical (unpaired) electrons. The molecule has 0 atom stereocenters. The van der Waals surface area contributed by atoms with Crippen molar-refractivity contribution in [1.82, 2.24) is 0 Å². The third-order valence-corrected chi connectivity index (χ3v) is 0.534. The summed E-state index contributed by atoms with van der Waals surface area (Å²) in [5.41, 5.74) is 0. The predicted molar refractivity (Wildman–Crippen MR) is 39.2 cm³/mol. The molecule has 7 heteroatoms. The summed E-state index contributed by atoms with van der Waals surface area (Å²) in [5, 5.41) is 23.0. The zero-order valence-electron chi connectivity index (χ0n) is 6.89. The normalized spacial score (nSPS) is 7.08. The molecule has 0 aromatic carbocycles. The number of ether oxygens (including phenoxy) is 2. The summed E-state index contributed by atoms with van der Waals surface area (Å²) >= 11 is 0. The van der Waals surface area contributed by atoms with Gasteiger partial charge in [-0.1, -0.05) is 0 Å². The summed E-state index contributed by atoms with van der Waals surface area (Å²) in [6.45, 7) is 0.878. The first kappa shape index (κ1) is 13.6. The lowest BCUT2D eigenvalue weighted by atomic mass is 10.8. The van der Waals surface area contributed by atoms with Gasteiger partial charge in [0.15, 0.2) is 0 Å². The molecule has 0 aliphatic carbocycles. The van der Waals surface area contributed by atoms with E-state index in [1.807, 2.05) is 0 Å². The van der Waals surface area contributed by atoms with Crippen molar-refractivity contribution in [2.24, 2.45) is 0 Å². The van der Waals surface area contributed by atoms with Crippen LogP contribution in [0.4, 0.5) is 9.59 Å². The highest BCUT2D eigenvalue weighted by Gasteiger charge is 1.98. The average Bonchev–Trinajstić information content (AvgIpc) is 1.99. The highest BCUT2D eigenvalue weighted by atomic mass is 16.7. The molecule has 0 aromatic heterocycles. The van der Waals surface area contributed by atoms with E-state index in [9.17, 15) is 9.59 Å². The molecule has 13 heavy (non-hydrogen) atoms.